The number of morpholine rings is 1. The molecule has 0 spiro atoms. The number of aryl methyl sites for hydroxylation is 2. The van der Waals surface area contributed by atoms with Crippen LogP contribution in [-0.4, -0.2) is 82.1 Å². The summed E-state index contributed by atoms with van der Waals surface area (Å²) in [5, 5.41) is 11.9. The van der Waals surface area contributed by atoms with Crippen molar-refractivity contribution in [1.82, 2.24) is 19.5 Å². The molecule has 2 saturated heterocycles. The second-order valence-electron chi connectivity index (χ2n) is 8.63. The lowest BCUT2D eigenvalue weighted by Crippen LogP contribution is -2.36. The molecule has 1 amide bonds. The molecule has 3 aromatic rings. The van der Waals surface area contributed by atoms with Gasteiger partial charge in [-0.3, -0.25) is 4.79 Å². The molecule has 0 aliphatic carbocycles. The number of ether oxygens (including phenoxy) is 1. The van der Waals surface area contributed by atoms with Crippen LogP contribution in [0.1, 0.15) is 40.0 Å². The number of hydrogen-bond acceptors (Lipinski definition) is 7. The Balaban J connectivity index is 0.000000384. The van der Waals surface area contributed by atoms with Crippen LogP contribution in [-0.2, 0) is 9.53 Å². The fraction of sp³-hybridized carbons (Fsp3) is 0.478. The predicted octanol–water partition coefficient (Wildman–Crippen LogP) is 3.04. The summed E-state index contributed by atoms with van der Waals surface area (Å²) in [6, 6.07) is 5.92. The van der Waals surface area contributed by atoms with E-state index in [1.54, 1.807) is 0 Å². The summed E-state index contributed by atoms with van der Waals surface area (Å²) in [5.41, 5.74) is 2.62. The zero-order valence-corrected chi connectivity index (χ0v) is 19.8. The second kappa shape index (κ2) is 10.2. The van der Waals surface area contributed by atoms with E-state index in [0.29, 0.717) is 24.4 Å². The number of nitrogens with zero attached hydrogens (tertiary/aromatic N) is 5. The zero-order valence-electron chi connectivity index (χ0n) is 19.8. The molecule has 1 atom stereocenters. The Morgan fingerprint density at radius 2 is 1.83 bits per heavy atom. The summed E-state index contributed by atoms with van der Waals surface area (Å²) in [7, 11) is 0. The van der Waals surface area contributed by atoms with Crippen LogP contribution in [0.2, 0.25) is 0 Å². The molecule has 36 heavy (non-hydrogen) atoms. The molecule has 0 radical (unpaired) electrons. The van der Waals surface area contributed by atoms with E-state index in [1.165, 1.54) is 0 Å². The van der Waals surface area contributed by atoms with E-state index in [0.717, 1.165) is 55.6 Å². The van der Waals surface area contributed by atoms with Gasteiger partial charge in [0.15, 0.2) is 11.5 Å². The van der Waals surface area contributed by atoms with Gasteiger partial charge in [-0.05, 0) is 38.5 Å². The number of carboxylic acid groups (broad SMARTS) is 1. The number of rotatable bonds is 3. The Bertz CT molecular complexity index is 1250. The number of likely N-dealkylation sites (tertiary alicyclic amines) is 1. The zero-order chi connectivity index (χ0) is 26.0. The number of pyridine rings is 1. The van der Waals surface area contributed by atoms with Crippen molar-refractivity contribution >= 4 is 23.2 Å². The van der Waals surface area contributed by atoms with Crippen molar-refractivity contribution in [3.8, 4) is 0 Å². The molecule has 5 heterocycles. The number of furan rings is 1. The quantitative estimate of drug-likeness (QED) is 0.573. The Morgan fingerprint density at radius 3 is 2.44 bits per heavy atom. The average molecular weight is 509 g/mol. The Hall–Kier alpha value is -3.61. The van der Waals surface area contributed by atoms with Gasteiger partial charge in [0.1, 0.15) is 11.5 Å². The van der Waals surface area contributed by atoms with Crippen LogP contribution >= 0.6 is 0 Å². The van der Waals surface area contributed by atoms with E-state index in [-0.39, 0.29) is 11.8 Å². The number of alkyl halides is 3. The van der Waals surface area contributed by atoms with Gasteiger partial charge in [0, 0.05) is 32.1 Å². The molecule has 1 unspecified atom stereocenters. The maximum absolute atomic E-state index is 12.9. The molecule has 2 fully saturated rings. The molecule has 0 saturated carbocycles. The third-order valence-electron chi connectivity index (χ3n) is 6.06. The van der Waals surface area contributed by atoms with E-state index in [2.05, 4.69) is 11.0 Å². The van der Waals surface area contributed by atoms with Crippen molar-refractivity contribution in [1.29, 1.82) is 0 Å². The van der Waals surface area contributed by atoms with E-state index in [4.69, 9.17) is 29.1 Å². The van der Waals surface area contributed by atoms with Gasteiger partial charge in [-0.15, -0.1) is 0 Å². The topological polar surface area (TPSA) is 113 Å². The summed E-state index contributed by atoms with van der Waals surface area (Å²) < 4.78 is 44.5. The average Bonchev–Trinajstić information content (AvgIpc) is 3.56. The van der Waals surface area contributed by atoms with E-state index < -0.39 is 12.1 Å². The van der Waals surface area contributed by atoms with E-state index >= 15 is 0 Å². The van der Waals surface area contributed by atoms with Crippen molar-refractivity contribution in [3.05, 3.63) is 47.3 Å². The molecule has 1 N–H and O–H groups in total. The van der Waals surface area contributed by atoms with Gasteiger partial charge in [-0.2, -0.15) is 18.3 Å². The van der Waals surface area contributed by atoms with Crippen LogP contribution in [0.3, 0.4) is 0 Å². The van der Waals surface area contributed by atoms with Crippen LogP contribution in [0.5, 0.6) is 0 Å². The van der Waals surface area contributed by atoms with Crippen LogP contribution in [0.15, 0.2) is 28.8 Å². The normalized spacial score (nSPS) is 18.3. The lowest BCUT2D eigenvalue weighted by atomic mass is 10.1. The monoisotopic (exact) mass is 509 g/mol. The van der Waals surface area contributed by atoms with Crippen LogP contribution < -0.4 is 4.90 Å². The van der Waals surface area contributed by atoms with E-state index in [1.807, 2.05) is 41.6 Å². The second-order valence-corrected chi connectivity index (χ2v) is 8.63. The number of aromatic nitrogens is 3. The molecule has 0 aromatic carbocycles. The van der Waals surface area contributed by atoms with Gasteiger partial charge in [0.05, 0.1) is 30.7 Å². The fourth-order valence-corrected chi connectivity index (χ4v) is 4.24. The molecule has 13 heteroatoms. The Morgan fingerprint density at radius 1 is 1.14 bits per heavy atom. The van der Waals surface area contributed by atoms with Gasteiger partial charge in [0.25, 0.3) is 5.91 Å². The molecule has 2 aliphatic rings. The maximum Gasteiger partial charge on any atom is 0.490 e. The largest absolute Gasteiger partial charge is 0.490 e. The molecule has 2 aliphatic heterocycles. The number of anilines is 1. The molecule has 194 valence electrons. The lowest BCUT2D eigenvalue weighted by molar-refractivity contribution is -0.192. The first kappa shape index (κ1) is 25.5. The van der Waals surface area contributed by atoms with E-state index in [9.17, 15) is 18.0 Å². The minimum Gasteiger partial charge on any atom is -0.475 e. The Labute approximate surface area is 204 Å². The number of halogens is 3. The molecular weight excluding hydrogens is 483 g/mol. The lowest BCUT2D eigenvalue weighted by Gasteiger charge is -2.28. The van der Waals surface area contributed by atoms with Crippen molar-refractivity contribution in [2.24, 2.45) is 0 Å². The van der Waals surface area contributed by atoms with Gasteiger partial charge < -0.3 is 24.1 Å². The van der Waals surface area contributed by atoms with Crippen LogP contribution in [0.4, 0.5) is 18.9 Å². The number of fused-ring (bicyclic) bond motifs is 1. The highest BCUT2D eigenvalue weighted by molar-refractivity contribution is 5.95. The predicted molar refractivity (Wildman–Crippen MR) is 121 cm³/mol. The third kappa shape index (κ3) is 5.61. The minimum atomic E-state index is -5.08. The third-order valence-corrected chi connectivity index (χ3v) is 6.06. The fourth-order valence-electron chi connectivity index (χ4n) is 4.24. The van der Waals surface area contributed by atoms with Gasteiger partial charge in [-0.1, -0.05) is 0 Å². The first-order valence-corrected chi connectivity index (χ1v) is 11.4. The minimum absolute atomic E-state index is 0.0280. The SMILES string of the molecule is Cc1cc(C(=O)N2CCC(c3nc4ccc(N5CCOCC5)cn4n3)C2)c(C)o1.O=C(O)C(F)(F)F. The van der Waals surface area contributed by atoms with Crippen molar-refractivity contribution in [2.45, 2.75) is 32.4 Å². The Kier molecular flexibility index (Phi) is 7.20. The van der Waals surface area contributed by atoms with Crippen molar-refractivity contribution in [3.63, 3.8) is 0 Å². The van der Waals surface area contributed by atoms with Gasteiger partial charge in [-0.25, -0.2) is 14.3 Å². The summed E-state index contributed by atoms with van der Waals surface area (Å²) in [6.07, 6.45) is -2.18. The van der Waals surface area contributed by atoms with Gasteiger partial charge in [0.2, 0.25) is 0 Å². The van der Waals surface area contributed by atoms with Crippen molar-refractivity contribution < 1.29 is 37.0 Å². The van der Waals surface area contributed by atoms with Crippen molar-refractivity contribution in [2.75, 3.05) is 44.3 Å². The first-order valence-electron chi connectivity index (χ1n) is 11.4. The molecule has 0 bridgehead atoms. The van der Waals surface area contributed by atoms with Crippen LogP contribution in [0, 0.1) is 13.8 Å². The highest BCUT2D eigenvalue weighted by Crippen LogP contribution is 2.28. The molecule has 5 rings (SSSR count). The molecule has 3 aromatic heterocycles. The summed E-state index contributed by atoms with van der Waals surface area (Å²) >= 11 is 0. The summed E-state index contributed by atoms with van der Waals surface area (Å²) in [4.78, 5) is 30.7. The highest BCUT2D eigenvalue weighted by atomic mass is 19.4. The highest BCUT2D eigenvalue weighted by Gasteiger charge is 2.38. The standard InChI is InChI=1S/C21H25N5O3.C2HF3O2/c1-14-11-18(15(2)29-14)21(27)25-6-5-16(12-25)20-22-19-4-3-17(13-26(19)23-20)24-7-9-28-10-8-24;3-2(4,5)1(6)7/h3-4,11,13,16H,5-10,12H2,1-2H3;(H,6,7). The number of carbonyl (C=O) groups excluding carboxylic acids is 1. The first-order chi connectivity index (χ1) is 17.0. The number of carbonyl (C=O) groups is 2. The maximum atomic E-state index is 12.9. The number of aliphatic carboxylic acids is 1. The summed E-state index contributed by atoms with van der Waals surface area (Å²) in [5.74, 6) is -0.330. The van der Waals surface area contributed by atoms with Crippen LogP contribution in [0.25, 0.3) is 5.65 Å². The smallest absolute Gasteiger partial charge is 0.475 e. The molecule has 10 nitrogen and oxygen atoms in total. The summed E-state index contributed by atoms with van der Waals surface area (Å²) in [6.45, 7) is 8.33. The van der Waals surface area contributed by atoms with Gasteiger partial charge >= 0.3 is 12.1 Å². The number of hydrogen-bond donors (Lipinski definition) is 1. The molecular formula is C23H26F3N5O5. The number of amides is 1. The number of carboxylic acids is 1.